The molecule has 5 N–H and O–H groups in total. The maximum Gasteiger partial charge on any atom is 0.228 e. The number of H-pyrrole nitrogens is 1. The average Bonchev–Trinajstić information content (AvgIpc) is 3.37. The molecule has 212 valence electrons. The smallest absolute Gasteiger partial charge is 0.228 e. The molecule has 0 bridgehead atoms. The van der Waals surface area contributed by atoms with Gasteiger partial charge >= 0.3 is 0 Å². The van der Waals surface area contributed by atoms with Gasteiger partial charge < -0.3 is 26.3 Å². The van der Waals surface area contributed by atoms with E-state index in [0.29, 0.717) is 13.0 Å². The predicted molar refractivity (Wildman–Crippen MR) is 158 cm³/mol. The summed E-state index contributed by atoms with van der Waals surface area (Å²) in [7, 11) is 3.16. The molecule has 2 aromatic carbocycles. The molecule has 0 saturated carbocycles. The van der Waals surface area contributed by atoms with Gasteiger partial charge in [-0.25, -0.2) is 0 Å². The van der Waals surface area contributed by atoms with Crippen LogP contribution in [0.1, 0.15) is 44.7 Å². The van der Waals surface area contributed by atoms with Crippen molar-refractivity contribution >= 4 is 29.1 Å². The van der Waals surface area contributed by atoms with E-state index in [-0.39, 0.29) is 23.8 Å². The zero-order valence-electron chi connectivity index (χ0n) is 24.0. The van der Waals surface area contributed by atoms with Gasteiger partial charge in [0, 0.05) is 49.2 Å². The second-order valence-corrected chi connectivity index (χ2v) is 10.3. The van der Waals surface area contributed by atoms with Gasteiger partial charge in [-0.15, -0.1) is 0 Å². The third-order valence-corrected chi connectivity index (χ3v) is 6.96. The first-order valence-corrected chi connectivity index (χ1v) is 13.7. The first-order chi connectivity index (χ1) is 18.8. The number of para-hydroxylation sites is 1. The van der Waals surface area contributed by atoms with Crippen molar-refractivity contribution in [2.75, 3.05) is 27.2 Å². The number of fused-ring (bicyclic) bond motifs is 1. The maximum atomic E-state index is 12.3. The van der Waals surface area contributed by atoms with Crippen LogP contribution in [0.4, 0.5) is 0 Å². The van der Waals surface area contributed by atoms with Crippen molar-refractivity contribution in [1.82, 2.24) is 20.5 Å². The Kier molecular flexibility index (Phi) is 12.7. The zero-order valence-corrected chi connectivity index (χ0v) is 24.0. The summed E-state index contributed by atoms with van der Waals surface area (Å²) in [6, 6.07) is 18.4. The van der Waals surface area contributed by atoms with E-state index in [9.17, 15) is 14.4 Å². The summed E-state index contributed by atoms with van der Waals surface area (Å²) in [5, 5.41) is 7.03. The molecule has 2 heterocycles. The monoisotopic (exact) mass is 535 g/mol. The Balaban J connectivity index is 0.000000258. The Hall–Kier alpha value is -3.65. The van der Waals surface area contributed by atoms with Gasteiger partial charge in [0.05, 0.1) is 5.41 Å². The van der Waals surface area contributed by atoms with E-state index in [2.05, 4.69) is 33.5 Å². The third kappa shape index (κ3) is 8.96. The van der Waals surface area contributed by atoms with Gasteiger partial charge in [0.2, 0.25) is 18.2 Å². The van der Waals surface area contributed by atoms with Crippen LogP contribution in [0.25, 0.3) is 10.9 Å². The molecule has 0 radical (unpaired) electrons. The number of piperidine rings is 1. The number of nitrogens with zero attached hydrogens (tertiary/aromatic N) is 1. The van der Waals surface area contributed by atoms with Crippen LogP contribution in [0.3, 0.4) is 0 Å². The van der Waals surface area contributed by atoms with Crippen LogP contribution < -0.4 is 16.4 Å². The highest BCUT2D eigenvalue weighted by molar-refractivity contribution is 5.84. The molecule has 4 rings (SSSR count). The molecule has 8 heteroatoms. The van der Waals surface area contributed by atoms with Gasteiger partial charge in [-0.2, -0.15) is 0 Å². The molecule has 1 aliphatic rings. The second-order valence-electron chi connectivity index (χ2n) is 10.3. The molecule has 2 atom stereocenters. The molecule has 0 spiro atoms. The summed E-state index contributed by atoms with van der Waals surface area (Å²) in [6.07, 6.45) is 6.11. The van der Waals surface area contributed by atoms with Crippen LogP contribution >= 0.6 is 0 Å². The third-order valence-electron chi connectivity index (χ3n) is 6.96. The van der Waals surface area contributed by atoms with Gasteiger partial charge in [-0.3, -0.25) is 14.4 Å². The Morgan fingerprint density at radius 1 is 1.08 bits per heavy atom. The van der Waals surface area contributed by atoms with Crippen LogP contribution in [-0.4, -0.2) is 61.3 Å². The molecular formula is C31H45N5O3. The fourth-order valence-corrected chi connectivity index (χ4v) is 5.01. The summed E-state index contributed by atoms with van der Waals surface area (Å²) in [5.41, 5.74) is 7.55. The van der Waals surface area contributed by atoms with Crippen molar-refractivity contribution in [1.29, 1.82) is 0 Å². The number of aromatic nitrogens is 1. The summed E-state index contributed by atoms with van der Waals surface area (Å²) >= 11 is 0. The lowest BCUT2D eigenvalue weighted by molar-refractivity contribution is -0.136. The highest BCUT2D eigenvalue weighted by Gasteiger charge is 2.41. The SMILES string of the molecule is CC(C)C(=O)N[C@@H](C)Cc1c[nH]c2ccccc12.CN.CNC(=O)C1(Cc2ccccc2)CCCN(C=O)C1. The number of hydrogen-bond donors (Lipinski definition) is 4. The van der Waals surface area contributed by atoms with Crippen LogP contribution in [0.5, 0.6) is 0 Å². The van der Waals surface area contributed by atoms with E-state index in [1.807, 2.05) is 69.4 Å². The highest BCUT2D eigenvalue weighted by atomic mass is 16.2. The van der Waals surface area contributed by atoms with Crippen molar-refractivity contribution < 1.29 is 14.4 Å². The van der Waals surface area contributed by atoms with E-state index in [1.54, 1.807) is 11.9 Å². The number of benzene rings is 2. The normalized spacial score (nSPS) is 17.3. The van der Waals surface area contributed by atoms with Crippen molar-refractivity contribution in [3.8, 4) is 0 Å². The number of aromatic amines is 1. The van der Waals surface area contributed by atoms with E-state index in [0.717, 1.165) is 43.3 Å². The molecule has 1 fully saturated rings. The largest absolute Gasteiger partial charge is 0.361 e. The molecule has 3 amide bonds. The van der Waals surface area contributed by atoms with Gasteiger partial charge in [-0.05, 0) is 56.8 Å². The van der Waals surface area contributed by atoms with Crippen LogP contribution in [0, 0.1) is 11.3 Å². The van der Waals surface area contributed by atoms with Crippen LogP contribution in [0.15, 0.2) is 60.8 Å². The Morgan fingerprint density at radius 2 is 1.74 bits per heavy atom. The molecule has 1 unspecified atom stereocenters. The van der Waals surface area contributed by atoms with Crippen molar-refractivity contribution in [2.45, 2.75) is 52.5 Å². The summed E-state index contributed by atoms with van der Waals surface area (Å²) in [6.45, 7) is 7.12. The first kappa shape index (κ1) is 31.6. The fraction of sp³-hybridized carbons (Fsp3) is 0.452. The summed E-state index contributed by atoms with van der Waals surface area (Å²) in [4.78, 5) is 39.9. The summed E-state index contributed by atoms with van der Waals surface area (Å²) < 4.78 is 0. The van der Waals surface area contributed by atoms with Gasteiger partial charge in [0.1, 0.15) is 0 Å². The Labute approximate surface area is 232 Å². The lowest BCUT2D eigenvalue weighted by Gasteiger charge is -2.40. The predicted octanol–water partition coefficient (Wildman–Crippen LogP) is 3.66. The number of likely N-dealkylation sites (tertiary alicyclic amines) is 1. The van der Waals surface area contributed by atoms with E-state index in [4.69, 9.17) is 0 Å². The molecule has 3 aromatic rings. The van der Waals surface area contributed by atoms with Crippen LogP contribution in [-0.2, 0) is 27.2 Å². The van der Waals surface area contributed by atoms with Gasteiger partial charge in [-0.1, -0.05) is 62.4 Å². The van der Waals surface area contributed by atoms with E-state index < -0.39 is 5.41 Å². The van der Waals surface area contributed by atoms with Crippen LogP contribution in [0.2, 0.25) is 0 Å². The van der Waals surface area contributed by atoms with E-state index >= 15 is 0 Å². The zero-order chi connectivity index (χ0) is 28.8. The highest BCUT2D eigenvalue weighted by Crippen LogP contribution is 2.33. The minimum absolute atomic E-state index is 0.0305. The fourth-order valence-electron chi connectivity index (χ4n) is 5.01. The minimum atomic E-state index is -0.491. The average molecular weight is 536 g/mol. The number of rotatable bonds is 8. The molecule has 39 heavy (non-hydrogen) atoms. The van der Waals surface area contributed by atoms with Crippen molar-refractivity contribution in [2.24, 2.45) is 17.1 Å². The first-order valence-electron chi connectivity index (χ1n) is 13.7. The lowest BCUT2D eigenvalue weighted by atomic mass is 9.74. The number of carbonyl (C=O) groups is 3. The lowest BCUT2D eigenvalue weighted by Crippen LogP contribution is -2.52. The number of hydrogen-bond acceptors (Lipinski definition) is 4. The number of amides is 3. The molecule has 8 nitrogen and oxygen atoms in total. The molecule has 1 saturated heterocycles. The molecular weight excluding hydrogens is 490 g/mol. The molecule has 1 aliphatic heterocycles. The maximum absolute atomic E-state index is 12.3. The molecule has 1 aromatic heterocycles. The van der Waals surface area contributed by atoms with Gasteiger partial charge in [0.25, 0.3) is 0 Å². The number of nitrogens with two attached hydrogens (primary N) is 1. The topological polar surface area (TPSA) is 120 Å². The summed E-state index contributed by atoms with van der Waals surface area (Å²) in [5.74, 6) is 0.181. The Morgan fingerprint density at radius 3 is 2.38 bits per heavy atom. The number of carbonyl (C=O) groups excluding carboxylic acids is 3. The van der Waals surface area contributed by atoms with Crippen molar-refractivity contribution in [3.05, 3.63) is 71.9 Å². The molecule has 0 aliphatic carbocycles. The van der Waals surface area contributed by atoms with E-state index in [1.165, 1.54) is 18.0 Å². The standard InChI is InChI=1S/C15H20N2O2.C15H20N2O.CH5N/c1-16-14(19)15(8-5-9-17(11-15)12-18)10-13-6-3-2-4-7-13;1-10(2)15(18)17-11(3)8-12-9-16-14-7-5-4-6-13(12)14;1-2/h2-4,6-7,12H,5,8-11H2,1H3,(H,16,19);4-7,9-11,16H,8H2,1-3H3,(H,17,18);2H2,1H3/t;11-;/m.0./s1. The second kappa shape index (κ2) is 15.7. The minimum Gasteiger partial charge on any atom is -0.361 e. The number of nitrogens with one attached hydrogen (secondary N) is 3. The van der Waals surface area contributed by atoms with Crippen molar-refractivity contribution in [3.63, 3.8) is 0 Å². The Bertz CT molecular complexity index is 1180. The quantitative estimate of drug-likeness (QED) is 0.329. The van der Waals surface area contributed by atoms with Gasteiger partial charge in [0.15, 0.2) is 0 Å².